The summed E-state index contributed by atoms with van der Waals surface area (Å²) in [6.07, 6.45) is 11.7. The molecule has 1 aliphatic rings. The number of halogens is 18. The number of ketones is 3. The molecule has 0 fully saturated rings. The van der Waals surface area contributed by atoms with E-state index < -0.39 is 15.8 Å². The summed E-state index contributed by atoms with van der Waals surface area (Å²) < 4.78 is 11.3. The fourth-order valence-corrected chi connectivity index (χ4v) is 2520. The number of benzene rings is 2. The van der Waals surface area contributed by atoms with Crippen molar-refractivity contribution in [3.63, 3.8) is 0 Å². The summed E-state index contributed by atoms with van der Waals surface area (Å²) in [5.41, 5.74) is 6.74. The van der Waals surface area contributed by atoms with Gasteiger partial charge in [-0.3, -0.25) is 34.1 Å². The SMILES string of the molecule is C#CCCOc1ccc(C#Cc2cc(CN3CCN(CC(C)=O)Cc4cccc(n4)CN(Cc4cc(C#Cc5ccc(OCCC#C)cc5)cc(C(C)=O)n4)CC3)nc(C(C)=O)c2)cc1.II(I)I(I)I(I)I(I)I(I)I(I)I(I)I(I)I. The Morgan fingerprint density at radius 2 is 0.867 bits per heavy atom. The van der Waals surface area contributed by atoms with E-state index in [9.17, 15) is 14.4 Å². The van der Waals surface area contributed by atoms with E-state index in [4.69, 9.17) is 37.3 Å². The van der Waals surface area contributed by atoms with Crippen molar-refractivity contribution >= 4 is 267 Å². The number of ether oxygens (including phenoxy) is 2. The van der Waals surface area contributed by atoms with Gasteiger partial charge < -0.3 is 9.47 Å². The van der Waals surface area contributed by atoms with Gasteiger partial charge in [-0.05, 0) is 91.9 Å². The molecule has 0 saturated carbocycles. The molecule has 0 amide bonds. The zero-order chi connectivity index (χ0) is 60.6. The van der Waals surface area contributed by atoms with Gasteiger partial charge >= 0.3 is 249 Å². The summed E-state index contributed by atoms with van der Waals surface area (Å²) in [4.78, 5) is 59.2. The summed E-state index contributed by atoms with van der Waals surface area (Å²) in [7, 11) is -3.13. The van der Waals surface area contributed by atoms with E-state index >= 15 is 0 Å². The number of pyridine rings is 3. The third kappa shape index (κ3) is 30.4. The van der Waals surface area contributed by atoms with Crippen LogP contribution < -0.4 is 9.47 Å². The van der Waals surface area contributed by atoms with Crippen LogP contribution >= 0.6 is 249 Å². The Kier molecular flexibility index (Phi) is 42.0. The molecule has 5 aromatic rings. The molecule has 2 aromatic carbocycles. The van der Waals surface area contributed by atoms with Gasteiger partial charge in [0, 0.05) is 101 Å². The Labute approximate surface area is 616 Å². The summed E-state index contributed by atoms with van der Waals surface area (Å²) >= 11 is 30.0. The van der Waals surface area contributed by atoms with Crippen LogP contribution in [-0.2, 0) is 31.0 Å². The Morgan fingerprint density at radius 1 is 0.494 bits per heavy atom. The van der Waals surface area contributed by atoms with E-state index in [1.807, 2.05) is 78.9 Å². The number of nitrogens with zero attached hydrogens (tertiary/aromatic N) is 6. The molecular weight excluding hydrogens is 3100 g/mol. The van der Waals surface area contributed by atoms with Crippen molar-refractivity contribution in [2.24, 2.45) is 0 Å². The molecule has 11 nitrogen and oxygen atoms in total. The number of carbonyl (C=O) groups excluding carboxylic acids is 3. The average Bonchev–Trinajstić information content (AvgIpc) is 3.56. The normalized spacial score (nSPS) is 14.2. The van der Waals surface area contributed by atoms with Crippen LogP contribution in [0.3, 0.4) is 0 Å². The van der Waals surface area contributed by atoms with Gasteiger partial charge in [-0.25, -0.2) is 9.97 Å². The van der Waals surface area contributed by atoms with Crippen LogP contribution in [0.5, 0.6) is 11.5 Å². The van der Waals surface area contributed by atoms with Gasteiger partial charge in [0.05, 0.1) is 42.5 Å². The van der Waals surface area contributed by atoms with Crippen molar-refractivity contribution in [3.8, 4) is 59.9 Å². The van der Waals surface area contributed by atoms with Crippen molar-refractivity contribution in [2.75, 3.05) is 45.9 Å². The first-order valence-electron chi connectivity index (χ1n) is 24.0. The number of carbonyl (C=O) groups is 3. The van der Waals surface area contributed by atoms with Crippen LogP contribution in [0.25, 0.3) is 0 Å². The fraction of sp³-hybridized carbons (Fsp3) is 0.296. The molecule has 0 N–H and O–H groups in total. The van der Waals surface area contributed by atoms with Crippen molar-refractivity contribution in [2.45, 2.75) is 59.8 Å². The number of terminal acetylenes is 2. The number of rotatable bonds is 21. The van der Waals surface area contributed by atoms with Crippen LogP contribution in [0.15, 0.2) is 91.0 Å². The summed E-state index contributed by atoms with van der Waals surface area (Å²) in [6.45, 7) is 10.1. The summed E-state index contributed by atoms with van der Waals surface area (Å²) in [5.74, 6) is 19.2. The van der Waals surface area contributed by atoms with E-state index in [-0.39, 0.29) is 71.3 Å². The third-order valence-corrected chi connectivity index (χ3v) is 1170. The molecular formula is C54H52I18N6O5. The van der Waals surface area contributed by atoms with Crippen LogP contribution in [0.4, 0.5) is 0 Å². The molecule has 4 heterocycles. The first kappa shape index (κ1) is 79.4. The maximum atomic E-state index is 12.8. The van der Waals surface area contributed by atoms with Gasteiger partial charge in [-0.15, -0.1) is 24.7 Å². The number of hydrogen-bond acceptors (Lipinski definition) is 11. The van der Waals surface area contributed by atoms with E-state index in [0.29, 0.717) is 124 Å². The second-order valence-electron chi connectivity index (χ2n) is 17.0. The maximum absolute atomic E-state index is 12.8. The van der Waals surface area contributed by atoms with Gasteiger partial charge in [0.25, 0.3) is 0 Å². The van der Waals surface area contributed by atoms with E-state index in [1.165, 1.54) is 13.8 Å². The second-order valence-corrected chi connectivity index (χ2v) is 407. The fourth-order valence-electron chi connectivity index (χ4n) is 7.24. The molecule has 0 saturated heterocycles. The number of hydrogen-bond donors (Lipinski definition) is 0. The van der Waals surface area contributed by atoms with Crippen molar-refractivity contribution < 1.29 is 23.9 Å². The monoisotopic (exact) mass is 3150 g/mol. The molecule has 3 aromatic heterocycles. The minimum absolute atomic E-state index is 0.0694. The zero-order valence-corrected chi connectivity index (χ0v) is 82.9. The predicted molar refractivity (Wildman–Crippen MR) is 503 cm³/mol. The molecule has 454 valence electrons. The molecule has 1 aliphatic heterocycles. The molecule has 0 atom stereocenters. The van der Waals surface area contributed by atoms with Crippen LogP contribution in [0, 0.1) is 48.4 Å². The second kappa shape index (κ2) is 43.8. The van der Waals surface area contributed by atoms with Gasteiger partial charge in [0.1, 0.15) is 28.7 Å². The standard InChI is InChI=1S/C54H52N6O5.I18/c1-6-8-29-64-51-21-17-43(18-22-51)13-15-45-31-49(56-53(33-45)41(4)62)38-58-25-27-59(35-40(3)61)36-47-11-10-12-48(55-47)37-60(28-26-58)39-50-32-46(34-54(57-50)42(5)63)16-14-44-19-23-52(24-20-44)65-30-9-7-2;1-11(2)13(5)15(7)17(9)18(10)16(8)14(6)12(3)4/h1-2,10-12,17-24,31-34H,8-9,25-30,35-39H2,3-5H3;. The third-order valence-electron chi connectivity index (χ3n) is 10.8. The van der Waals surface area contributed by atoms with Crippen molar-refractivity contribution in [1.29, 1.82) is 0 Å². The first-order chi connectivity index (χ1) is 39.6. The summed E-state index contributed by atoms with van der Waals surface area (Å²) in [5, 5.41) is 0. The predicted octanol–water partition coefficient (Wildman–Crippen LogP) is 22.7. The quantitative estimate of drug-likeness (QED) is 0.0302. The Hall–Kier alpha value is 5.76. The van der Waals surface area contributed by atoms with E-state index in [1.54, 1.807) is 19.1 Å². The zero-order valence-electron chi connectivity index (χ0n) is 44.0. The Bertz CT molecular complexity index is 3160. The number of fused-ring (bicyclic) bond motifs is 2. The van der Waals surface area contributed by atoms with E-state index in [0.717, 1.165) is 22.5 Å². The molecule has 0 spiro atoms. The molecule has 0 aliphatic carbocycles. The van der Waals surface area contributed by atoms with Gasteiger partial charge in [0.15, 0.2) is 11.6 Å². The van der Waals surface area contributed by atoms with Gasteiger partial charge in [0.2, 0.25) is 0 Å². The van der Waals surface area contributed by atoms with Crippen molar-refractivity contribution in [3.05, 3.63) is 147 Å². The molecule has 83 heavy (non-hydrogen) atoms. The number of Topliss-reactive ketones (excluding diaryl/α,β-unsaturated/α-hetero) is 3. The molecule has 6 rings (SSSR count). The number of aromatic nitrogens is 3. The molecule has 2 bridgehead atoms. The Morgan fingerprint density at radius 3 is 1.27 bits per heavy atom. The van der Waals surface area contributed by atoms with Crippen LogP contribution in [0.1, 0.15) is 99.6 Å². The molecule has 0 unspecified atom stereocenters. The molecule has 29 heteroatoms. The average molecular weight is 3150 g/mol. The topological polar surface area (TPSA) is 118 Å². The summed E-state index contributed by atoms with van der Waals surface area (Å²) in [6, 6.07) is 28.2. The van der Waals surface area contributed by atoms with Gasteiger partial charge in [-0.2, -0.15) is 0 Å². The van der Waals surface area contributed by atoms with Crippen LogP contribution in [0.2, 0.25) is 0 Å². The molecule has 0 radical (unpaired) electrons. The van der Waals surface area contributed by atoms with Crippen LogP contribution in [-0.4, -0.2) is 92.9 Å². The Balaban J connectivity index is 0.000000602. The van der Waals surface area contributed by atoms with Crippen molar-refractivity contribution in [1.82, 2.24) is 29.7 Å². The van der Waals surface area contributed by atoms with Gasteiger partial charge in [-0.1, -0.05) is 29.7 Å². The first-order valence-corrected chi connectivity index (χ1v) is 131. The minimum atomic E-state index is -0.427. The van der Waals surface area contributed by atoms with E-state index in [2.05, 4.69) is 236 Å².